The van der Waals surface area contributed by atoms with Crippen LogP contribution in [0.3, 0.4) is 0 Å². The summed E-state index contributed by atoms with van der Waals surface area (Å²) >= 11 is 0. The zero-order valence-electron chi connectivity index (χ0n) is 18.1. The lowest BCUT2D eigenvalue weighted by molar-refractivity contribution is 0.0715. The lowest BCUT2D eigenvalue weighted by Crippen LogP contribution is -2.45. The Hall–Kier alpha value is -2.53. The Balaban J connectivity index is 1.36. The van der Waals surface area contributed by atoms with E-state index in [1.807, 2.05) is 17.0 Å². The highest BCUT2D eigenvalue weighted by Crippen LogP contribution is 2.22. The number of nitrogens with one attached hydrogen (secondary N) is 1. The third-order valence-electron chi connectivity index (χ3n) is 6.15. The maximum atomic E-state index is 13.1. The largest absolute Gasteiger partial charge is 0.381 e. The van der Waals surface area contributed by atoms with E-state index < -0.39 is 0 Å². The Kier molecular flexibility index (Phi) is 6.58. The molecular formula is C25H33N3O2. The fourth-order valence-electron chi connectivity index (χ4n) is 4.30. The molecular weight excluding hydrogens is 374 g/mol. The highest BCUT2D eigenvalue weighted by Gasteiger charge is 2.24. The summed E-state index contributed by atoms with van der Waals surface area (Å²) in [5, 5.41) is 3.62. The van der Waals surface area contributed by atoms with Crippen LogP contribution in [0.25, 0.3) is 0 Å². The Morgan fingerprint density at radius 2 is 1.70 bits per heavy atom. The van der Waals surface area contributed by atoms with Gasteiger partial charge < -0.3 is 19.9 Å². The first-order chi connectivity index (χ1) is 14.6. The molecule has 0 radical (unpaired) electrons. The number of benzene rings is 2. The van der Waals surface area contributed by atoms with Crippen molar-refractivity contribution in [2.45, 2.75) is 38.6 Å². The zero-order chi connectivity index (χ0) is 20.9. The van der Waals surface area contributed by atoms with Crippen LogP contribution >= 0.6 is 0 Å². The van der Waals surface area contributed by atoms with Crippen molar-refractivity contribution in [2.75, 3.05) is 49.6 Å². The molecule has 0 saturated carbocycles. The minimum Gasteiger partial charge on any atom is -0.381 e. The molecule has 2 aromatic carbocycles. The molecule has 2 fully saturated rings. The van der Waals surface area contributed by atoms with Gasteiger partial charge in [0.05, 0.1) is 13.2 Å². The number of carbonyl (C=O) groups excluding carboxylic acids is 1. The zero-order valence-corrected chi connectivity index (χ0v) is 18.1. The number of morpholine rings is 1. The summed E-state index contributed by atoms with van der Waals surface area (Å²) in [6, 6.07) is 17.0. The SMILES string of the molecule is CC(C)c1ccc(N[C@@H]2CCCN(C(=O)c3ccc(N4CCOCC4)cc3)C2)cc1. The molecule has 0 aromatic heterocycles. The van der Waals surface area contributed by atoms with Crippen LogP contribution in [0, 0.1) is 0 Å². The van der Waals surface area contributed by atoms with Crippen LogP contribution < -0.4 is 10.2 Å². The second kappa shape index (κ2) is 9.52. The summed E-state index contributed by atoms with van der Waals surface area (Å²) in [7, 11) is 0. The van der Waals surface area contributed by atoms with E-state index in [2.05, 4.69) is 60.5 Å². The number of nitrogens with zero attached hydrogens (tertiary/aromatic N) is 2. The average molecular weight is 408 g/mol. The summed E-state index contributed by atoms with van der Waals surface area (Å²) in [6.07, 6.45) is 2.12. The summed E-state index contributed by atoms with van der Waals surface area (Å²) in [6.45, 7) is 9.34. The number of likely N-dealkylation sites (tertiary alicyclic amines) is 1. The van der Waals surface area contributed by atoms with Crippen LogP contribution in [0.15, 0.2) is 48.5 Å². The molecule has 5 heteroatoms. The fraction of sp³-hybridized carbons (Fsp3) is 0.480. The highest BCUT2D eigenvalue weighted by atomic mass is 16.5. The number of hydrogen-bond acceptors (Lipinski definition) is 4. The van der Waals surface area contributed by atoms with Gasteiger partial charge in [-0.1, -0.05) is 26.0 Å². The summed E-state index contributed by atoms with van der Waals surface area (Å²) in [5.74, 6) is 0.668. The van der Waals surface area contributed by atoms with E-state index in [0.29, 0.717) is 12.0 Å². The normalized spacial score (nSPS) is 19.8. The van der Waals surface area contributed by atoms with Gasteiger partial charge in [-0.2, -0.15) is 0 Å². The van der Waals surface area contributed by atoms with E-state index >= 15 is 0 Å². The number of hydrogen-bond donors (Lipinski definition) is 1. The maximum Gasteiger partial charge on any atom is 0.253 e. The lowest BCUT2D eigenvalue weighted by atomic mass is 10.0. The van der Waals surface area contributed by atoms with Crippen LogP contribution in [0.1, 0.15) is 48.5 Å². The molecule has 2 aliphatic rings. The van der Waals surface area contributed by atoms with Crippen LogP contribution in [0.5, 0.6) is 0 Å². The Morgan fingerprint density at radius 1 is 1.00 bits per heavy atom. The molecule has 0 unspecified atom stereocenters. The summed E-state index contributed by atoms with van der Waals surface area (Å²) in [4.78, 5) is 17.4. The van der Waals surface area contributed by atoms with Crippen LogP contribution in [0.4, 0.5) is 11.4 Å². The number of rotatable bonds is 5. The first kappa shape index (κ1) is 20.7. The third-order valence-corrected chi connectivity index (χ3v) is 6.15. The molecule has 0 aliphatic carbocycles. The highest BCUT2D eigenvalue weighted by molar-refractivity contribution is 5.94. The van der Waals surface area contributed by atoms with Crippen molar-refractivity contribution < 1.29 is 9.53 Å². The molecule has 1 N–H and O–H groups in total. The van der Waals surface area contributed by atoms with Crippen LogP contribution in [0.2, 0.25) is 0 Å². The standard InChI is InChI=1S/C25H33N3O2/c1-19(2)20-5-9-22(10-6-20)26-23-4-3-13-28(18-23)25(29)21-7-11-24(12-8-21)27-14-16-30-17-15-27/h5-12,19,23,26H,3-4,13-18H2,1-2H3/t23-/m1/s1. The molecule has 1 atom stereocenters. The molecule has 160 valence electrons. The quantitative estimate of drug-likeness (QED) is 0.800. The molecule has 2 aliphatic heterocycles. The van der Waals surface area contributed by atoms with E-state index in [4.69, 9.17) is 4.74 Å². The van der Waals surface area contributed by atoms with Gasteiger partial charge in [0, 0.05) is 49.2 Å². The smallest absolute Gasteiger partial charge is 0.253 e. The topological polar surface area (TPSA) is 44.8 Å². The van der Waals surface area contributed by atoms with Gasteiger partial charge in [-0.15, -0.1) is 0 Å². The second-order valence-corrected chi connectivity index (χ2v) is 8.66. The van der Waals surface area contributed by atoms with Gasteiger partial charge in [0.2, 0.25) is 0 Å². The van der Waals surface area contributed by atoms with Gasteiger partial charge in [-0.25, -0.2) is 0 Å². The number of ether oxygens (including phenoxy) is 1. The predicted molar refractivity (Wildman–Crippen MR) is 123 cm³/mol. The minimum atomic E-state index is 0.130. The molecule has 2 heterocycles. The van der Waals surface area contributed by atoms with E-state index in [1.165, 1.54) is 5.56 Å². The Morgan fingerprint density at radius 3 is 2.37 bits per heavy atom. The van der Waals surface area contributed by atoms with E-state index in [1.54, 1.807) is 0 Å². The summed E-state index contributed by atoms with van der Waals surface area (Å²) < 4.78 is 5.42. The maximum absolute atomic E-state index is 13.1. The van der Waals surface area contributed by atoms with Crippen molar-refractivity contribution in [3.05, 3.63) is 59.7 Å². The van der Waals surface area contributed by atoms with Crippen molar-refractivity contribution in [3.8, 4) is 0 Å². The second-order valence-electron chi connectivity index (χ2n) is 8.66. The lowest BCUT2D eigenvalue weighted by Gasteiger charge is -2.34. The van der Waals surface area contributed by atoms with Crippen LogP contribution in [-0.2, 0) is 4.74 Å². The van der Waals surface area contributed by atoms with E-state index in [-0.39, 0.29) is 5.91 Å². The van der Waals surface area contributed by atoms with Crippen molar-refractivity contribution in [1.29, 1.82) is 0 Å². The average Bonchev–Trinajstić information content (AvgIpc) is 2.80. The molecule has 4 rings (SSSR count). The number of anilines is 2. The Bertz CT molecular complexity index is 826. The molecule has 0 spiro atoms. The number of amides is 1. The van der Waals surface area contributed by atoms with Gasteiger partial charge >= 0.3 is 0 Å². The molecule has 30 heavy (non-hydrogen) atoms. The van der Waals surface area contributed by atoms with Crippen molar-refractivity contribution in [1.82, 2.24) is 4.90 Å². The van der Waals surface area contributed by atoms with E-state index in [9.17, 15) is 4.79 Å². The van der Waals surface area contributed by atoms with Crippen molar-refractivity contribution >= 4 is 17.3 Å². The Labute approximate surface area is 180 Å². The first-order valence-electron chi connectivity index (χ1n) is 11.2. The van der Waals surface area contributed by atoms with Crippen molar-refractivity contribution in [2.24, 2.45) is 0 Å². The number of carbonyl (C=O) groups is 1. The first-order valence-corrected chi connectivity index (χ1v) is 11.2. The molecule has 1 amide bonds. The van der Waals surface area contributed by atoms with Crippen molar-refractivity contribution in [3.63, 3.8) is 0 Å². The summed E-state index contributed by atoms with van der Waals surface area (Å²) in [5.41, 5.74) is 4.42. The molecule has 2 aromatic rings. The van der Waals surface area contributed by atoms with Gasteiger partial charge in [-0.05, 0) is 60.7 Å². The molecule has 2 saturated heterocycles. The van der Waals surface area contributed by atoms with E-state index in [0.717, 1.165) is 69.2 Å². The van der Waals surface area contributed by atoms with Crippen LogP contribution in [-0.4, -0.2) is 56.2 Å². The predicted octanol–water partition coefficient (Wildman–Crippen LogP) is 4.36. The van der Waals surface area contributed by atoms with Gasteiger partial charge in [0.25, 0.3) is 5.91 Å². The molecule has 5 nitrogen and oxygen atoms in total. The fourth-order valence-corrected chi connectivity index (χ4v) is 4.30. The third kappa shape index (κ3) is 4.96. The number of piperidine rings is 1. The monoisotopic (exact) mass is 407 g/mol. The van der Waals surface area contributed by atoms with Gasteiger partial charge in [0.1, 0.15) is 0 Å². The minimum absolute atomic E-state index is 0.130. The molecule has 0 bridgehead atoms. The van der Waals surface area contributed by atoms with Gasteiger partial charge in [-0.3, -0.25) is 4.79 Å². The van der Waals surface area contributed by atoms with Gasteiger partial charge in [0.15, 0.2) is 0 Å².